The molecule has 104 valence electrons. The van der Waals surface area contributed by atoms with Gasteiger partial charge in [0.05, 0.1) is 11.1 Å². The zero-order valence-corrected chi connectivity index (χ0v) is 13.7. The van der Waals surface area contributed by atoms with Crippen LogP contribution in [-0.2, 0) is 0 Å². The maximum Gasteiger partial charge on any atom is 0.0551 e. The summed E-state index contributed by atoms with van der Waals surface area (Å²) in [5.74, 6) is 0. The van der Waals surface area contributed by atoms with Crippen molar-refractivity contribution in [3.05, 3.63) is 44.9 Å². The lowest BCUT2D eigenvalue weighted by Gasteiger charge is -2.22. The molecule has 2 rings (SSSR count). The number of benzene rings is 1. The highest BCUT2D eigenvalue weighted by Crippen LogP contribution is 2.32. The Labute approximate surface area is 129 Å². The molecule has 0 bridgehead atoms. The summed E-state index contributed by atoms with van der Waals surface area (Å²) in [5.41, 5.74) is 2.77. The summed E-state index contributed by atoms with van der Waals surface area (Å²) in [5, 5.41) is 4.22. The summed E-state index contributed by atoms with van der Waals surface area (Å²) in [6, 6.07) is 6.54. The van der Waals surface area contributed by atoms with Crippen molar-refractivity contribution in [1.29, 1.82) is 0 Å². The monoisotopic (exact) mass is 341 g/mol. The van der Waals surface area contributed by atoms with Crippen LogP contribution in [0.2, 0.25) is 5.02 Å². The van der Waals surface area contributed by atoms with Crippen LogP contribution in [0.4, 0.5) is 0 Å². The van der Waals surface area contributed by atoms with Crippen LogP contribution in [0.3, 0.4) is 0 Å². The van der Waals surface area contributed by atoms with Gasteiger partial charge in [0.2, 0.25) is 0 Å². The first kappa shape index (κ1) is 15.1. The average molecular weight is 343 g/mol. The first-order valence-electron chi connectivity index (χ1n) is 7.03. The number of allylic oxidation sites excluding steroid dienone is 1. The predicted molar refractivity (Wildman–Crippen MR) is 86.7 cm³/mol. The van der Waals surface area contributed by atoms with E-state index < -0.39 is 0 Å². The van der Waals surface area contributed by atoms with Crippen LogP contribution < -0.4 is 5.32 Å². The first-order valence-corrected chi connectivity index (χ1v) is 8.20. The van der Waals surface area contributed by atoms with Crippen molar-refractivity contribution in [1.82, 2.24) is 5.32 Å². The molecular weight excluding hydrogens is 322 g/mol. The molecule has 1 atom stereocenters. The third-order valence-electron chi connectivity index (χ3n) is 3.76. The van der Waals surface area contributed by atoms with Crippen LogP contribution >= 0.6 is 27.5 Å². The fourth-order valence-electron chi connectivity index (χ4n) is 2.74. The molecule has 0 radical (unpaired) electrons. The summed E-state index contributed by atoms with van der Waals surface area (Å²) in [4.78, 5) is 0. The maximum atomic E-state index is 6.22. The second kappa shape index (κ2) is 7.47. The molecular formula is C16H21BrClN. The van der Waals surface area contributed by atoms with E-state index in [4.69, 9.17) is 11.6 Å². The topological polar surface area (TPSA) is 12.0 Å². The van der Waals surface area contributed by atoms with Crippen LogP contribution in [0.25, 0.3) is 0 Å². The van der Waals surface area contributed by atoms with Gasteiger partial charge >= 0.3 is 0 Å². The van der Waals surface area contributed by atoms with Crippen molar-refractivity contribution in [3.63, 3.8) is 0 Å². The molecule has 0 aliphatic heterocycles. The van der Waals surface area contributed by atoms with Crippen molar-refractivity contribution < 1.29 is 0 Å². The fraction of sp³-hybridized carbons (Fsp3) is 0.500. The van der Waals surface area contributed by atoms with Crippen LogP contribution in [0.5, 0.6) is 0 Å². The third-order valence-corrected chi connectivity index (χ3v) is 5.00. The molecule has 1 unspecified atom stereocenters. The largest absolute Gasteiger partial charge is 0.310 e. The number of halogens is 2. The van der Waals surface area contributed by atoms with Gasteiger partial charge in [0.1, 0.15) is 0 Å². The van der Waals surface area contributed by atoms with E-state index in [0.29, 0.717) is 6.04 Å². The molecule has 1 nitrogen and oxygen atoms in total. The lowest BCUT2D eigenvalue weighted by molar-refractivity contribution is 0.574. The zero-order valence-electron chi connectivity index (χ0n) is 11.4. The van der Waals surface area contributed by atoms with Gasteiger partial charge in [-0.05, 0) is 66.4 Å². The SMILES string of the molecule is CNC(/C1=C/CCCCCC1)c1ccc(Br)c(Cl)c1. The molecule has 1 aromatic carbocycles. The van der Waals surface area contributed by atoms with E-state index in [2.05, 4.69) is 39.5 Å². The van der Waals surface area contributed by atoms with E-state index in [0.717, 1.165) is 9.50 Å². The Morgan fingerprint density at radius 3 is 2.74 bits per heavy atom. The van der Waals surface area contributed by atoms with Crippen molar-refractivity contribution in [2.24, 2.45) is 0 Å². The molecule has 3 heteroatoms. The van der Waals surface area contributed by atoms with E-state index in [1.54, 1.807) is 0 Å². The van der Waals surface area contributed by atoms with Crippen LogP contribution in [-0.4, -0.2) is 7.05 Å². The van der Waals surface area contributed by atoms with Gasteiger partial charge in [-0.3, -0.25) is 0 Å². The number of nitrogens with one attached hydrogen (secondary N) is 1. The summed E-state index contributed by atoms with van der Waals surface area (Å²) < 4.78 is 0.958. The molecule has 1 aromatic rings. The lowest BCUT2D eigenvalue weighted by atomic mass is 9.91. The standard InChI is InChI=1S/C16H21BrClN/c1-19-16(12-7-5-3-2-4-6-8-12)13-9-10-14(17)15(18)11-13/h7,9-11,16,19H,2-6,8H2,1H3/b12-7+. The van der Waals surface area contributed by atoms with Gasteiger partial charge in [-0.25, -0.2) is 0 Å². The minimum absolute atomic E-state index is 0.295. The van der Waals surface area contributed by atoms with Gasteiger partial charge in [0, 0.05) is 4.47 Å². The van der Waals surface area contributed by atoms with Crippen LogP contribution in [0.15, 0.2) is 34.3 Å². The van der Waals surface area contributed by atoms with Gasteiger partial charge in [0.15, 0.2) is 0 Å². The molecule has 0 heterocycles. The predicted octanol–water partition coefficient (Wildman–Crippen LogP) is 5.64. The van der Waals surface area contributed by atoms with E-state index in [1.807, 2.05) is 13.1 Å². The number of likely N-dealkylation sites (N-methyl/N-ethyl adjacent to an activating group) is 1. The highest BCUT2D eigenvalue weighted by Gasteiger charge is 2.16. The molecule has 1 aliphatic carbocycles. The maximum absolute atomic E-state index is 6.22. The Bertz CT molecular complexity index is 456. The Hall–Kier alpha value is -0.310. The van der Waals surface area contributed by atoms with E-state index >= 15 is 0 Å². The molecule has 19 heavy (non-hydrogen) atoms. The van der Waals surface area contributed by atoms with Crippen LogP contribution in [0.1, 0.15) is 50.1 Å². The minimum atomic E-state index is 0.295. The van der Waals surface area contributed by atoms with E-state index in [-0.39, 0.29) is 0 Å². The van der Waals surface area contributed by atoms with Crippen molar-refractivity contribution in [2.75, 3.05) is 7.05 Å². The molecule has 0 saturated carbocycles. The third kappa shape index (κ3) is 4.08. The average Bonchev–Trinajstić information content (AvgIpc) is 2.36. The molecule has 1 aliphatic rings. The first-order chi connectivity index (χ1) is 9.22. The Balaban J connectivity index is 2.24. The summed E-state index contributed by atoms with van der Waals surface area (Å²) in [7, 11) is 2.03. The lowest BCUT2D eigenvalue weighted by Crippen LogP contribution is -2.19. The van der Waals surface area contributed by atoms with Crippen molar-refractivity contribution in [3.8, 4) is 0 Å². The minimum Gasteiger partial charge on any atom is -0.310 e. The second-order valence-electron chi connectivity index (χ2n) is 5.13. The Kier molecular flexibility index (Phi) is 5.93. The molecule has 0 saturated heterocycles. The van der Waals surface area contributed by atoms with Gasteiger partial charge in [-0.1, -0.05) is 42.2 Å². The Morgan fingerprint density at radius 2 is 2.00 bits per heavy atom. The molecule has 1 N–H and O–H groups in total. The van der Waals surface area contributed by atoms with Gasteiger partial charge in [-0.15, -0.1) is 0 Å². The van der Waals surface area contributed by atoms with E-state index in [9.17, 15) is 0 Å². The van der Waals surface area contributed by atoms with Gasteiger partial charge in [0.25, 0.3) is 0 Å². The zero-order chi connectivity index (χ0) is 13.7. The number of hydrogen-bond donors (Lipinski definition) is 1. The number of rotatable bonds is 3. The molecule has 0 spiro atoms. The van der Waals surface area contributed by atoms with Gasteiger partial charge < -0.3 is 5.32 Å². The number of hydrogen-bond acceptors (Lipinski definition) is 1. The highest BCUT2D eigenvalue weighted by molar-refractivity contribution is 9.10. The fourth-order valence-corrected chi connectivity index (χ4v) is 3.17. The summed E-state index contributed by atoms with van der Waals surface area (Å²) in [6.07, 6.45) is 10.2. The highest BCUT2D eigenvalue weighted by atomic mass is 79.9. The van der Waals surface area contributed by atoms with Crippen molar-refractivity contribution in [2.45, 2.75) is 44.6 Å². The normalized spacial score (nSPS) is 21.1. The Morgan fingerprint density at radius 1 is 1.21 bits per heavy atom. The van der Waals surface area contributed by atoms with Gasteiger partial charge in [-0.2, -0.15) is 0 Å². The second-order valence-corrected chi connectivity index (χ2v) is 6.39. The van der Waals surface area contributed by atoms with E-state index in [1.165, 1.54) is 49.7 Å². The summed E-state index contributed by atoms with van der Waals surface area (Å²) in [6.45, 7) is 0. The van der Waals surface area contributed by atoms with Crippen LogP contribution in [0, 0.1) is 0 Å². The quantitative estimate of drug-likeness (QED) is 0.700. The molecule has 0 amide bonds. The smallest absolute Gasteiger partial charge is 0.0551 e. The molecule has 0 fully saturated rings. The summed E-state index contributed by atoms with van der Waals surface area (Å²) >= 11 is 9.67. The van der Waals surface area contributed by atoms with Crippen molar-refractivity contribution >= 4 is 27.5 Å². The molecule has 0 aromatic heterocycles.